The standard InChI is InChI=1S/3C25H53N.C3H3N3O3/c3*1-4-7-10-13-16-19-22-25(26,23-20-17-14-11-8-5-2)24-21-18-15-12-9-6-3;7-1-4-2(8)6-3(9)5-1/h3*4-24,26H2,1-3H3;(H3,4,5,6,7,8,9). The zero-order valence-corrected chi connectivity index (χ0v) is 61.0. The van der Waals surface area contributed by atoms with Crippen LogP contribution in [0.4, 0.5) is 0 Å². The summed E-state index contributed by atoms with van der Waals surface area (Å²) in [5.41, 5.74) is 18.8. The number of aromatic nitrogens is 3. The topological polar surface area (TPSA) is 177 Å². The van der Waals surface area contributed by atoms with Gasteiger partial charge in [-0.3, -0.25) is 15.0 Å². The number of nitrogens with two attached hydrogens (primary N) is 3. The van der Waals surface area contributed by atoms with Gasteiger partial charge in [0.05, 0.1) is 0 Å². The molecular weight excluding hydrogens is 1070 g/mol. The summed E-state index contributed by atoms with van der Waals surface area (Å²) < 4.78 is 0. The molecule has 0 bridgehead atoms. The van der Waals surface area contributed by atoms with Crippen molar-refractivity contribution in [3.63, 3.8) is 0 Å². The van der Waals surface area contributed by atoms with E-state index in [1.54, 1.807) is 15.0 Å². The van der Waals surface area contributed by atoms with E-state index in [0.29, 0.717) is 0 Å². The molecule has 9 nitrogen and oxygen atoms in total. The lowest BCUT2D eigenvalue weighted by atomic mass is 9.82. The van der Waals surface area contributed by atoms with E-state index in [1.165, 1.54) is 405 Å². The number of nitrogens with one attached hydrogen (secondary N) is 3. The number of H-pyrrole nitrogens is 3. The Balaban J connectivity index is -0.00000113. The summed E-state index contributed by atoms with van der Waals surface area (Å²) in [5.74, 6) is 0. The van der Waals surface area contributed by atoms with Gasteiger partial charge in [0.2, 0.25) is 0 Å². The highest BCUT2D eigenvalue weighted by Gasteiger charge is 2.25. The van der Waals surface area contributed by atoms with Gasteiger partial charge in [-0.2, -0.15) is 0 Å². The molecule has 0 aliphatic carbocycles. The molecule has 9 N–H and O–H groups in total. The van der Waals surface area contributed by atoms with E-state index in [-0.39, 0.29) is 16.6 Å². The van der Waals surface area contributed by atoms with Crippen LogP contribution in [0, 0.1) is 0 Å². The molecular formula is C78H162N6O3. The van der Waals surface area contributed by atoms with E-state index in [2.05, 4.69) is 62.3 Å². The maximum Gasteiger partial charge on any atom is 0.330 e. The molecule has 0 saturated heterocycles. The molecule has 1 aromatic rings. The third kappa shape index (κ3) is 68.5. The fraction of sp³-hybridized carbons (Fsp3) is 0.962. The third-order valence-corrected chi connectivity index (χ3v) is 18.9. The van der Waals surface area contributed by atoms with Gasteiger partial charge in [-0.1, -0.05) is 409 Å². The summed E-state index contributed by atoms with van der Waals surface area (Å²) in [5, 5.41) is 0. The molecule has 1 heterocycles. The van der Waals surface area contributed by atoms with Crippen molar-refractivity contribution in [1.82, 2.24) is 15.0 Å². The Morgan fingerprint density at radius 3 is 0.379 bits per heavy atom. The molecule has 0 aliphatic rings. The largest absolute Gasteiger partial charge is 0.330 e. The molecule has 0 spiro atoms. The molecule has 9 heteroatoms. The molecule has 1 aromatic heterocycles. The zero-order valence-electron chi connectivity index (χ0n) is 61.0. The summed E-state index contributed by atoms with van der Waals surface area (Å²) >= 11 is 0. The summed E-state index contributed by atoms with van der Waals surface area (Å²) in [6.45, 7) is 20.7. The van der Waals surface area contributed by atoms with Crippen LogP contribution in [-0.2, 0) is 0 Å². The van der Waals surface area contributed by atoms with Crippen molar-refractivity contribution in [3.05, 3.63) is 31.5 Å². The third-order valence-electron chi connectivity index (χ3n) is 18.9. The highest BCUT2D eigenvalue weighted by molar-refractivity contribution is 4.86. The Hall–Kier alpha value is -1.71. The average Bonchev–Trinajstić information content (AvgIpc) is 3.69. The normalized spacial score (nSPS) is 11.7. The first-order valence-corrected chi connectivity index (χ1v) is 39.5. The van der Waals surface area contributed by atoms with Crippen molar-refractivity contribution < 1.29 is 0 Å². The molecule has 0 atom stereocenters. The minimum absolute atomic E-state index is 0.139. The zero-order chi connectivity index (χ0) is 64.9. The summed E-state index contributed by atoms with van der Waals surface area (Å²) in [6, 6.07) is 0. The van der Waals surface area contributed by atoms with Crippen LogP contribution in [0.15, 0.2) is 14.4 Å². The number of hydrogen-bond donors (Lipinski definition) is 6. The molecule has 0 aromatic carbocycles. The molecule has 0 saturated carbocycles. The monoisotopic (exact) mass is 1230 g/mol. The number of unbranched alkanes of at least 4 members (excludes halogenated alkanes) is 45. The number of rotatable bonds is 63. The molecule has 0 unspecified atom stereocenters. The van der Waals surface area contributed by atoms with Crippen LogP contribution in [0.1, 0.15) is 467 Å². The lowest BCUT2D eigenvalue weighted by molar-refractivity contribution is 0.302. The van der Waals surface area contributed by atoms with E-state index in [1.807, 2.05) is 0 Å². The van der Waals surface area contributed by atoms with Crippen LogP contribution in [0.2, 0.25) is 0 Å². The van der Waals surface area contributed by atoms with Crippen LogP contribution < -0.4 is 34.3 Å². The van der Waals surface area contributed by atoms with Crippen LogP contribution in [0.3, 0.4) is 0 Å². The van der Waals surface area contributed by atoms with Crippen molar-refractivity contribution in [2.45, 2.75) is 483 Å². The van der Waals surface area contributed by atoms with Crippen LogP contribution in [-0.4, -0.2) is 31.6 Å². The Morgan fingerprint density at radius 2 is 0.276 bits per heavy atom. The van der Waals surface area contributed by atoms with Gasteiger partial charge in [0.15, 0.2) is 0 Å². The van der Waals surface area contributed by atoms with Crippen molar-refractivity contribution >= 4 is 0 Å². The van der Waals surface area contributed by atoms with Crippen LogP contribution in [0.25, 0.3) is 0 Å². The molecule has 1 rings (SSSR count). The second-order valence-electron chi connectivity index (χ2n) is 28.1. The van der Waals surface area contributed by atoms with E-state index in [0.717, 1.165) is 0 Å². The fourth-order valence-electron chi connectivity index (χ4n) is 12.8. The van der Waals surface area contributed by atoms with Crippen molar-refractivity contribution in [2.75, 3.05) is 0 Å². The predicted molar refractivity (Wildman–Crippen MR) is 391 cm³/mol. The second kappa shape index (κ2) is 70.2. The van der Waals surface area contributed by atoms with Gasteiger partial charge >= 0.3 is 17.1 Å². The first-order valence-electron chi connectivity index (χ1n) is 39.5. The average molecular weight is 1230 g/mol. The van der Waals surface area contributed by atoms with E-state index < -0.39 is 17.1 Å². The highest BCUT2D eigenvalue weighted by Crippen LogP contribution is 2.30. The predicted octanol–water partition coefficient (Wildman–Crippen LogP) is 24.6. The van der Waals surface area contributed by atoms with E-state index in [4.69, 9.17) is 17.2 Å². The van der Waals surface area contributed by atoms with Gasteiger partial charge in [-0.15, -0.1) is 0 Å². The fourth-order valence-corrected chi connectivity index (χ4v) is 12.8. The maximum atomic E-state index is 10.2. The van der Waals surface area contributed by atoms with E-state index in [9.17, 15) is 14.4 Å². The Morgan fingerprint density at radius 1 is 0.184 bits per heavy atom. The lowest BCUT2D eigenvalue weighted by Gasteiger charge is -2.30. The molecule has 0 fully saturated rings. The van der Waals surface area contributed by atoms with Gasteiger partial charge < -0.3 is 17.2 Å². The summed E-state index contributed by atoms with van der Waals surface area (Å²) in [6.07, 6.45) is 86.4. The molecule has 0 aliphatic heterocycles. The maximum absolute atomic E-state index is 10.2. The van der Waals surface area contributed by atoms with Crippen LogP contribution >= 0.6 is 0 Å². The van der Waals surface area contributed by atoms with Crippen molar-refractivity contribution in [2.24, 2.45) is 17.2 Å². The quantitative estimate of drug-likeness (QED) is 0.0354. The Bertz CT molecular complexity index is 1290. The van der Waals surface area contributed by atoms with Crippen LogP contribution in [0.5, 0.6) is 0 Å². The SMILES string of the molecule is CCCCCCCCC(N)(CCCCCCCC)CCCCCCCC.CCCCCCCCC(N)(CCCCCCCC)CCCCCCCC.CCCCCCCCC(N)(CCCCCCCC)CCCCCCCC.O=c1[nH]c(=O)[nH]c(=O)[nH]1. The van der Waals surface area contributed by atoms with Crippen molar-refractivity contribution in [1.29, 1.82) is 0 Å². The smallest absolute Gasteiger partial charge is 0.325 e. The Kier molecular flexibility index (Phi) is 72.2. The molecule has 0 amide bonds. The number of aromatic amines is 3. The Labute approximate surface area is 544 Å². The first-order chi connectivity index (χ1) is 42.2. The molecule has 522 valence electrons. The molecule has 87 heavy (non-hydrogen) atoms. The van der Waals surface area contributed by atoms with Gasteiger partial charge in [-0.25, -0.2) is 14.4 Å². The van der Waals surface area contributed by atoms with Gasteiger partial charge in [0.1, 0.15) is 0 Å². The summed E-state index contributed by atoms with van der Waals surface area (Å²) in [7, 11) is 0. The van der Waals surface area contributed by atoms with Gasteiger partial charge in [0, 0.05) is 16.6 Å². The van der Waals surface area contributed by atoms with Gasteiger partial charge in [-0.05, 0) is 57.8 Å². The highest BCUT2D eigenvalue weighted by atomic mass is 16.2. The van der Waals surface area contributed by atoms with E-state index >= 15 is 0 Å². The molecule has 0 radical (unpaired) electrons. The second-order valence-corrected chi connectivity index (χ2v) is 28.1. The van der Waals surface area contributed by atoms with Crippen molar-refractivity contribution in [3.8, 4) is 0 Å². The minimum atomic E-state index is -0.802. The summed E-state index contributed by atoms with van der Waals surface area (Å²) in [4.78, 5) is 35.9. The minimum Gasteiger partial charge on any atom is -0.325 e. The van der Waals surface area contributed by atoms with Gasteiger partial charge in [0.25, 0.3) is 0 Å². The number of hydrogen-bond acceptors (Lipinski definition) is 6. The first kappa shape index (κ1) is 89.5. The lowest BCUT2D eigenvalue weighted by Crippen LogP contribution is -2.39.